The number of furan rings is 1. The first-order chi connectivity index (χ1) is 10.6. The van der Waals surface area contributed by atoms with Gasteiger partial charge < -0.3 is 15.1 Å². The van der Waals surface area contributed by atoms with E-state index in [0.717, 1.165) is 0 Å². The molecule has 0 bridgehead atoms. The summed E-state index contributed by atoms with van der Waals surface area (Å²) in [6.45, 7) is 0.157. The highest BCUT2D eigenvalue weighted by molar-refractivity contribution is 6.05. The molecule has 0 saturated carbocycles. The third-order valence-electron chi connectivity index (χ3n) is 3.32. The zero-order chi connectivity index (χ0) is 15.5. The number of nitrogens with one attached hydrogen (secondary N) is 2. The summed E-state index contributed by atoms with van der Waals surface area (Å²) in [6, 6.07) is 7.51. The molecule has 2 N–H and O–H groups in total. The molecule has 2 heterocycles. The Labute approximate surface area is 125 Å². The summed E-state index contributed by atoms with van der Waals surface area (Å²) in [5, 5.41) is 5.51. The van der Waals surface area contributed by atoms with Crippen LogP contribution in [0.15, 0.2) is 41.0 Å². The van der Waals surface area contributed by atoms with Gasteiger partial charge in [-0.05, 0) is 30.3 Å². The predicted molar refractivity (Wildman–Crippen MR) is 77.8 cm³/mol. The molecule has 6 nitrogen and oxygen atoms in total. The zero-order valence-electron chi connectivity index (χ0n) is 11.6. The lowest BCUT2D eigenvalue weighted by molar-refractivity contribution is -0.123. The van der Waals surface area contributed by atoms with Gasteiger partial charge in [-0.3, -0.25) is 14.5 Å². The third-order valence-corrected chi connectivity index (χ3v) is 3.32. The average Bonchev–Trinajstić information content (AvgIpc) is 3.01. The van der Waals surface area contributed by atoms with Crippen molar-refractivity contribution in [2.24, 2.45) is 0 Å². The van der Waals surface area contributed by atoms with Crippen LogP contribution in [0.4, 0.5) is 15.8 Å². The van der Waals surface area contributed by atoms with Crippen LogP contribution in [0.25, 0.3) is 0 Å². The van der Waals surface area contributed by atoms with Crippen LogP contribution in [0.3, 0.4) is 0 Å². The van der Waals surface area contributed by atoms with Crippen molar-refractivity contribution in [2.45, 2.75) is 6.54 Å². The van der Waals surface area contributed by atoms with Crippen LogP contribution in [-0.2, 0) is 16.1 Å². The molecule has 114 valence electrons. The van der Waals surface area contributed by atoms with Crippen molar-refractivity contribution in [1.82, 2.24) is 5.32 Å². The molecule has 2 aromatic rings. The maximum Gasteiger partial charge on any atom is 0.246 e. The number of rotatable bonds is 4. The van der Waals surface area contributed by atoms with E-state index < -0.39 is 5.82 Å². The molecule has 0 fully saturated rings. The highest BCUT2D eigenvalue weighted by atomic mass is 19.1. The standard InChI is InChI=1S/C15H14FN3O3/c16-10-3-4-13-12(6-10)17-8-15(21)19(13)9-14(20)18-7-11-2-1-5-22-11/h1-6,17H,7-9H2,(H,18,20). The molecule has 1 aromatic carbocycles. The van der Waals surface area contributed by atoms with Crippen molar-refractivity contribution in [2.75, 3.05) is 23.3 Å². The minimum Gasteiger partial charge on any atom is -0.467 e. The second kappa shape index (κ2) is 5.88. The summed E-state index contributed by atoms with van der Waals surface area (Å²) < 4.78 is 18.3. The number of benzene rings is 1. The summed E-state index contributed by atoms with van der Waals surface area (Å²) in [4.78, 5) is 25.3. The van der Waals surface area contributed by atoms with E-state index in [-0.39, 0.29) is 31.4 Å². The first-order valence-corrected chi connectivity index (χ1v) is 6.76. The van der Waals surface area contributed by atoms with Gasteiger partial charge in [0.15, 0.2) is 0 Å². The lowest BCUT2D eigenvalue weighted by atomic mass is 10.2. The number of fused-ring (bicyclic) bond motifs is 1. The largest absolute Gasteiger partial charge is 0.467 e. The number of hydrogen-bond acceptors (Lipinski definition) is 4. The molecule has 0 unspecified atom stereocenters. The number of halogens is 1. The number of amides is 2. The number of carbonyl (C=O) groups is 2. The molecule has 7 heteroatoms. The first-order valence-electron chi connectivity index (χ1n) is 6.76. The average molecular weight is 303 g/mol. The molecule has 3 rings (SSSR count). The highest BCUT2D eigenvalue weighted by Gasteiger charge is 2.26. The Kier molecular flexibility index (Phi) is 3.78. The second-order valence-electron chi connectivity index (χ2n) is 4.85. The Morgan fingerprint density at radius 1 is 1.41 bits per heavy atom. The monoisotopic (exact) mass is 303 g/mol. The van der Waals surface area contributed by atoms with Gasteiger partial charge in [-0.15, -0.1) is 0 Å². The second-order valence-corrected chi connectivity index (χ2v) is 4.85. The molecule has 0 aliphatic carbocycles. The summed E-state index contributed by atoms with van der Waals surface area (Å²) in [7, 11) is 0. The zero-order valence-corrected chi connectivity index (χ0v) is 11.6. The van der Waals surface area contributed by atoms with Gasteiger partial charge >= 0.3 is 0 Å². The van der Waals surface area contributed by atoms with Crippen molar-refractivity contribution in [3.05, 3.63) is 48.2 Å². The Morgan fingerprint density at radius 3 is 3.05 bits per heavy atom. The van der Waals surface area contributed by atoms with Crippen LogP contribution < -0.4 is 15.5 Å². The number of nitrogens with zero attached hydrogens (tertiary/aromatic N) is 1. The molecule has 0 saturated heterocycles. The Hall–Kier alpha value is -2.83. The predicted octanol–water partition coefficient (Wildman–Crippen LogP) is 1.49. The summed E-state index contributed by atoms with van der Waals surface area (Å²) in [6.07, 6.45) is 1.52. The molecule has 0 spiro atoms. The fraction of sp³-hybridized carbons (Fsp3) is 0.200. The van der Waals surface area contributed by atoms with E-state index in [2.05, 4.69) is 10.6 Å². The number of carbonyl (C=O) groups excluding carboxylic acids is 2. The fourth-order valence-corrected chi connectivity index (χ4v) is 2.26. The topological polar surface area (TPSA) is 74.6 Å². The van der Waals surface area contributed by atoms with Crippen molar-refractivity contribution >= 4 is 23.2 Å². The molecule has 1 aliphatic rings. The van der Waals surface area contributed by atoms with Crippen LogP contribution in [-0.4, -0.2) is 24.9 Å². The smallest absolute Gasteiger partial charge is 0.246 e. The van der Waals surface area contributed by atoms with E-state index in [1.807, 2.05) is 0 Å². The molecule has 0 radical (unpaired) electrons. The third kappa shape index (κ3) is 2.93. The quantitative estimate of drug-likeness (QED) is 0.897. The van der Waals surface area contributed by atoms with Gasteiger partial charge in [0.2, 0.25) is 11.8 Å². The maximum atomic E-state index is 13.2. The molecular formula is C15H14FN3O3. The van der Waals surface area contributed by atoms with Gasteiger partial charge in [0, 0.05) is 0 Å². The summed E-state index contributed by atoms with van der Waals surface area (Å²) in [5.41, 5.74) is 0.990. The molecular weight excluding hydrogens is 289 g/mol. The molecule has 0 atom stereocenters. The van der Waals surface area contributed by atoms with Crippen molar-refractivity contribution in [1.29, 1.82) is 0 Å². The minimum atomic E-state index is -0.400. The van der Waals surface area contributed by atoms with E-state index in [9.17, 15) is 14.0 Å². The van der Waals surface area contributed by atoms with Crippen molar-refractivity contribution < 1.29 is 18.4 Å². The Bertz CT molecular complexity index is 700. The first kappa shape index (κ1) is 14.1. The van der Waals surface area contributed by atoms with Crippen molar-refractivity contribution in [3.63, 3.8) is 0 Å². The van der Waals surface area contributed by atoms with E-state index in [4.69, 9.17) is 4.42 Å². The fourth-order valence-electron chi connectivity index (χ4n) is 2.26. The number of anilines is 2. The normalized spacial score (nSPS) is 13.5. The van der Waals surface area contributed by atoms with Gasteiger partial charge in [0.1, 0.15) is 18.1 Å². The van der Waals surface area contributed by atoms with Gasteiger partial charge in [-0.1, -0.05) is 0 Å². The lowest BCUT2D eigenvalue weighted by Gasteiger charge is -2.29. The Balaban J connectivity index is 1.69. The van der Waals surface area contributed by atoms with Crippen LogP contribution in [0, 0.1) is 5.82 Å². The van der Waals surface area contributed by atoms with E-state index >= 15 is 0 Å². The van der Waals surface area contributed by atoms with Crippen LogP contribution in [0.5, 0.6) is 0 Å². The number of hydrogen-bond donors (Lipinski definition) is 2. The van der Waals surface area contributed by atoms with Gasteiger partial charge in [-0.2, -0.15) is 0 Å². The minimum absolute atomic E-state index is 0.0297. The lowest BCUT2D eigenvalue weighted by Crippen LogP contribution is -2.45. The summed E-state index contributed by atoms with van der Waals surface area (Å²) >= 11 is 0. The van der Waals surface area contributed by atoms with E-state index in [1.165, 1.54) is 29.4 Å². The van der Waals surface area contributed by atoms with Gasteiger partial charge in [-0.25, -0.2) is 4.39 Å². The van der Waals surface area contributed by atoms with Gasteiger partial charge in [0.25, 0.3) is 0 Å². The molecule has 2 amide bonds. The SMILES string of the molecule is O=C(CN1C(=O)CNc2cc(F)ccc21)NCc1ccco1. The van der Waals surface area contributed by atoms with E-state index in [1.54, 1.807) is 12.1 Å². The molecule has 1 aliphatic heterocycles. The highest BCUT2D eigenvalue weighted by Crippen LogP contribution is 2.29. The summed E-state index contributed by atoms with van der Waals surface area (Å²) in [5.74, 6) is -0.334. The van der Waals surface area contributed by atoms with E-state index in [0.29, 0.717) is 17.1 Å². The van der Waals surface area contributed by atoms with Crippen molar-refractivity contribution in [3.8, 4) is 0 Å². The molecule has 1 aromatic heterocycles. The van der Waals surface area contributed by atoms with Crippen LogP contribution in [0.1, 0.15) is 5.76 Å². The Morgan fingerprint density at radius 2 is 2.27 bits per heavy atom. The van der Waals surface area contributed by atoms with Gasteiger partial charge in [0.05, 0.1) is 30.7 Å². The molecule has 22 heavy (non-hydrogen) atoms. The maximum absolute atomic E-state index is 13.2. The van der Waals surface area contributed by atoms with Crippen LogP contribution in [0.2, 0.25) is 0 Å². The van der Waals surface area contributed by atoms with Crippen LogP contribution >= 0.6 is 0 Å².